The maximum Gasteiger partial charge on any atom is 0.209 e. The monoisotopic (exact) mass is 303 g/mol. The summed E-state index contributed by atoms with van der Waals surface area (Å²) in [6, 6.07) is 7.80. The first-order chi connectivity index (χ1) is 10.8. The molecular formula is C16H21N3O3. The molecule has 0 bridgehead atoms. The molecule has 1 aliphatic rings. The van der Waals surface area contributed by atoms with Crippen LogP contribution >= 0.6 is 0 Å². The Bertz CT molecular complexity index is 620. The SMILES string of the molecule is O=CN1CCN(C[C@H](O)COc2cccc3[nH]ccc23)CC1. The first-order valence-corrected chi connectivity index (χ1v) is 7.55. The van der Waals surface area contributed by atoms with Crippen molar-refractivity contribution in [2.75, 3.05) is 39.3 Å². The fourth-order valence-electron chi connectivity index (χ4n) is 2.77. The number of amides is 1. The van der Waals surface area contributed by atoms with Gasteiger partial charge in [-0.1, -0.05) is 6.07 Å². The second-order valence-electron chi connectivity index (χ2n) is 5.60. The molecule has 6 nitrogen and oxygen atoms in total. The predicted molar refractivity (Wildman–Crippen MR) is 83.9 cm³/mol. The van der Waals surface area contributed by atoms with Gasteiger partial charge >= 0.3 is 0 Å². The Labute approximate surface area is 129 Å². The number of aromatic nitrogens is 1. The van der Waals surface area contributed by atoms with E-state index >= 15 is 0 Å². The van der Waals surface area contributed by atoms with Gasteiger partial charge in [0.2, 0.25) is 6.41 Å². The highest BCUT2D eigenvalue weighted by molar-refractivity contribution is 5.85. The van der Waals surface area contributed by atoms with Crippen LogP contribution in [-0.2, 0) is 4.79 Å². The van der Waals surface area contributed by atoms with E-state index in [0.29, 0.717) is 6.54 Å². The zero-order chi connectivity index (χ0) is 15.4. The number of nitrogens with one attached hydrogen (secondary N) is 1. The molecule has 6 heteroatoms. The first-order valence-electron chi connectivity index (χ1n) is 7.55. The van der Waals surface area contributed by atoms with Crippen LogP contribution in [0.1, 0.15) is 0 Å². The Morgan fingerprint density at radius 3 is 2.86 bits per heavy atom. The number of benzene rings is 1. The summed E-state index contributed by atoms with van der Waals surface area (Å²) in [4.78, 5) is 17.7. The normalized spacial score (nSPS) is 17.6. The molecule has 0 radical (unpaired) electrons. The highest BCUT2D eigenvalue weighted by Crippen LogP contribution is 2.24. The van der Waals surface area contributed by atoms with Crippen LogP contribution < -0.4 is 4.74 Å². The molecule has 1 aromatic heterocycles. The lowest BCUT2D eigenvalue weighted by molar-refractivity contribution is -0.119. The number of piperazine rings is 1. The summed E-state index contributed by atoms with van der Waals surface area (Å²) in [5.74, 6) is 0.781. The number of aliphatic hydroxyl groups is 1. The van der Waals surface area contributed by atoms with Gasteiger partial charge in [0.1, 0.15) is 18.5 Å². The number of H-pyrrole nitrogens is 1. The molecule has 3 rings (SSSR count). The molecule has 2 heterocycles. The molecule has 1 aliphatic heterocycles. The molecule has 1 atom stereocenters. The van der Waals surface area contributed by atoms with Gasteiger partial charge in [0.05, 0.1) is 0 Å². The molecule has 1 amide bonds. The zero-order valence-corrected chi connectivity index (χ0v) is 12.4. The zero-order valence-electron chi connectivity index (χ0n) is 12.4. The van der Waals surface area contributed by atoms with Gasteiger partial charge in [-0.05, 0) is 18.2 Å². The summed E-state index contributed by atoms with van der Waals surface area (Å²) < 4.78 is 5.76. The Morgan fingerprint density at radius 1 is 1.27 bits per heavy atom. The van der Waals surface area contributed by atoms with Gasteiger partial charge in [0.15, 0.2) is 0 Å². The summed E-state index contributed by atoms with van der Waals surface area (Å²) in [6.45, 7) is 3.86. The van der Waals surface area contributed by atoms with Crippen LogP contribution in [0, 0.1) is 0 Å². The average Bonchev–Trinajstić information content (AvgIpc) is 3.03. The number of nitrogens with zero attached hydrogens (tertiary/aromatic N) is 2. The van der Waals surface area contributed by atoms with Crippen molar-refractivity contribution < 1.29 is 14.6 Å². The lowest BCUT2D eigenvalue weighted by Gasteiger charge is -2.33. The van der Waals surface area contributed by atoms with Crippen LogP contribution in [0.25, 0.3) is 10.9 Å². The molecule has 0 spiro atoms. The standard InChI is InChI=1S/C16H21N3O3/c20-12-19-8-6-18(7-9-19)10-13(21)11-22-16-3-1-2-15-14(16)4-5-17-15/h1-5,12-13,17,21H,6-11H2/t13-/m0/s1. The molecule has 1 aromatic carbocycles. The Hall–Kier alpha value is -2.05. The third kappa shape index (κ3) is 3.40. The second kappa shape index (κ2) is 6.81. The van der Waals surface area contributed by atoms with Crippen molar-refractivity contribution in [3.63, 3.8) is 0 Å². The van der Waals surface area contributed by atoms with Crippen molar-refractivity contribution in [2.45, 2.75) is 6.10 Å². The number of rotatable bonds is 6. The highest BCUT2D eigenvalue weighted by Gasteiger charge is 2.18. The largest absolute Gasteiger partial charge is 0.490 e. The fraction of sp³-hybridized carbons (Fsp3) is 0.438. The van der Waals surface area contributed by atoms with Gasteiger partial charge in [0.25, 0.3) is 0 Å². The molecule has 1 saturated heterocycles. The van der Waals surface area contributed by atoms with Gasteiger partial charge in [0, 0.05) is 49.8 Å². The van der Waals surface area contributed by atoms with E-state index in [4.69, 9.17) is 4.74 Å². The predicted octanol–water partition coefficient (Wildman–Crippen LogP) is 0.682. The third-order valence-corrected chi connectivity index (χ3v) is 4.01. The van der Waals surface area contributed by atoms with Gasteiger partial charge in [-0.2, -0.15) is 0 Å². The minimum absolute atomic E-state index is 0.262. The summed E-state index contributed by atoms with van der Waals surface area (Å²) in [5, 5.41) is 11.2. The molecule has 22 heavy (non-hydrogen) atoms. The van der Waals surface area contributed by atoms with Crippen molar-refractivity contribution in [3.8, 4) is 5.75 Å². The van der Waals surface area contributed by atoms with Crippen LogP contribution in [0.3, 0.4) is 0 Å². The second-order valence-corrected chi connectivity index (χ2v) is 5.60. The van der Waals surface area contributed by atoms with Crippen molar-refractivity contribution in [1.29, 1.82) is 0 Å². The van der Waals surface area contributed by atoms with Crippen molar-refractivity contribution in [3.05, 3.63) is 30.5 Å². The number of hydrogen-bond acceptors (Lipinski definition) is 4. The Kier molecular flexibility index (Phi) is 4.60. The highest BCUT2D eigenvalue weighted by atomic mass is 16.5. The van der Waals surface area contributed by atoms with Crippen molar-refractivity contribution in [2.24, 2.45) is 0 Å². The number of aliphatic hydroxyl groups excluding tert-OH is 1. The van der Waals surface area contributed by atoms with Crippen LogP contribution in [0.5, 0.6) is 5.75 Å². The molecule has 118 valence electrons. The Balaban J connectivity index is 1.49. The number of fused-ring (bicyclic) bond motifs is 1. The van der Waals surface area contributed by atoms with Gasteiger partial charge in [-0.25, -0.2) is 0 Å². The van der Waals surface area contributed by atoms with E-state index in [1.807, 2.05) is 30.5 Å². The molecule has 0 saturated carbocycles. The minimum atomic E-state index is -0.544. The quantitative estimate of drug-likeness (QED) is 0.770. The number of ether oxygens (including phenoxy) is 1. The van der Waals surface area contributed by atoms with Crippen LogP contribution in [0.2, 0.25) is 0 Å². The van der Waals surface area contributed by atoms with E-state index < -0.39 is 6.10 Å². The summed E-state index contributed by atoms with van der Waals surface area (Å²) in [6.07, 6.45) is 2.21. The number of aromatic amines is 1. The number of β-amino-alcohol motifs (C(OH)–C–C–N with tert-alkyl or cyclic N) is 1. The first kappa shape index (κ1) is 14.9. The van der Waals surface area contributed by atoms with Crippen molar-refractivity contribution >= 4 is 17.3 Å². The van der Waals surface area contributed by atoms with E-state index in [9.17, 15) is 9.90 Å². The summed E-state index contributed by atoms with van der Waals surface area (Å²) in [5.41, 5.74) is 1.02. The van der Waals surface area contributed by atoms with Gasteiger partial charge in [-0.15, -0.1) is 0 Å². The topological polar surface area (TPSA) is 68.8 Å². The molecular weight excluding hydrogens is 282 g/mol. The summed E-state index contributed by atoms with van der Waals surface area (Å²) >= 11 is 0. The minimum Gasteiger partial charge on any atom is -0.490 e. The van der Waals surface area contributed by atoms with Crippen molar-refractivity contribution in [1.82, 2.24) is 14.8 Å². The molecule has 2 N–H and O–H groups in total. The van der Waals surface area contributed by atoms with Crippen LogP contribution in [0.15, 0.2) is 30.5 Å². The van der Waals surface area contributed by atoms with E-state index in [0.717, 1.165) is 49.2 Å². The molecule has 0 aliphatic carbocycles. The van der Waals surface area contributed by atoms with Crippen LogP contribution in [0.4, 0.5) is 0 Å². The van der Waals surface area contributed by atoms with Gasteiger partial charge in [-0.3, -0.25) is 9.69 Å². The molecule has 0 unspecified atom stereocenters. The summed E-state index contributed by atoms with van der Waals surface area (Å²) in [7, 11) is 0. The maximum atomic E-state index is 10.7. The smallest absolute Gasteiger partial charge is 0.209 e. The Morgan fingerprint density at radius 2 is 2.09 bits per heavy atom. The third-order valence-electron chi connectivity index (χ3n) is 4.01. The van der Waals surface area contributed by atoms with E-state index in [2.05, 4.69) is 9.88 Å². The van der Waals surface area contributed by atoms with E-state index in [1.54, 1.807) is 4.90 Å². The number of carbonyl (C=O) groups excluding carboxylic acids is 1. The molecule has 1 fully saturated rings. The van der Waals surface area contributed by atoms with E-state index in [-0.39, 0.29) is 6.61 Å². The van der Waals surface area contributed by atoms with E-state index in [1.165, 1.54) is 0 Å². The number of hydrogen-bond donors (Lipinski definition) is 2. The number of carbonyl (C=O) groups is 1. The average molecular weight is 303 g/mol. The lowest BCUT2D eigenvalue weighted by Crippen LogP contribution is -2.48. The van der Waals surface area contributed by atoms with Gasteiger partial charge < -0.3 is 19.7 Å². The molecule has 2 aromatic rings. The lowest BCUT2D eigenvalue weighted by atomic mass is 10.2. The maximum absolute atomic E-state index is 10.7. The van der Waals surface area contributed by atoms with Crippen LogP contribution in [-0.4, -0.2) is 71.7 Å². The fourth-order valence-corrected chi connectivity index (χ4v) is 2.77.